The van der Waals surface area contributed by atoms with Gasteiger partial charge in [0.15, 0.2) is 0 Å². The normalized spacial score (nSPS) is 52.0. The topological polar surface area (TPSA) is 0 Å². The summed E-state index contributed by atoms with van der Waals surface area (Å²) in [5, 5.41) is 0. The van der Waals surface area contributed by atoms with Crippen LogP contribution in [0.3, 0.4) is 0 Å². The molecular weight excluding hydrogens is 288 g/mol. The lowest BCUT2D eigenvalue weighted by atomic mass is 9.69. The molecule has 136 valence electrons. The van der Waals surface area contributed by atoms with Crippen molar-refractivity contribution >= 4 is 0 Å². The monoisotopic (exact) mass is 328 g/mol. The third kappa shape index (κ3) is 2.99. The molecule has 0 saturated heterocycles. The average molecular weight is 329 g/mol. The summed E-state index contributed by atoms with van der Waals surface area (Å²) in [5.41, 5.74) is 0. The molecule has 6 aliphatic carbocycles. The Labute approximate surface area is 150 Å². The minimum Gasteiger partial charge on any atom is -0.0528 e. The van der Waals surface area contributed by atoms with E-state index < -0.39 is 0 Å². The molecule has 0 bridgehead atoms. The zero-order valence-electron chi connectivity index (χ0n) is 15.9. The molecular formula is C24H40. The van der Waals surface area contributed by atoms with Gasteiger partial charge in [-0.05, 0) is 85.9 Å². The summed E-state index contributed by atoms with van der Waals surface area (Å²) < 4.78 is 0. The summed E-state index contributed by atoms with van der Waals surface area (Å²) in [4.78, 5) is 0. The second-order valence-electron chi connectivity index (χ2n) is 10.7. The molecule has 6 aliphatic rings. The van der Waals surface area contributed by atoms with Crippen molar-refractivity contribution < 1.29 is 0 Å². The van der Waals surface area contributed by atoms with Crippen molar-refractivity contribution in [2.75, 3.05) is 0 Å². The first-order valence-corrected chi connectivity index (χ1v) is 11.9. The Bertz CT molecular complexity index is 370. The first-order valence-electron chi connectivity index (χ1n) is 11.9. The van der Waals surface area contributed by atoms with Gasteiger partial charge in [0.25, 0.3) is 0 Å². The van der Waals surface area contributed by atoms with Crippen molar-refractivity contribution in [2.24, 2.45) is 47.3 Å². The lowest BCUT2D eigenvalue weighted by molar-refractivity contribution is 0.136. The molecule has 6 fully saturated rings. The fourth-order valence-electron chi connectivity index (χ4n) is 8.65. The number of hydrogen-bond donors (Lipinski definition) is 0. The molecule has 8 unspecified atom stereocenters. The van der Waals surface area contributed by atoms with Gasteiger partial charge in [0.2, 0.25) is 0 Å². The fraction of sp³-hybridized carbons (Fsp3) is 1.00. The quantitative estimate of drug-likeness (QED) is 0.440. The van der Waals surface area contributed by atoms with Crippen molar-refractivity contribution in [3.05, 3.63) is 0 Å². The Morgan fingerprint density at radius 3 is 1.04 bits per heavy atom. The van der Waals surface area contributed by atoms with Gasteiger partial charge in [0, 0.05) is 0 Å². The SMILES string of the molecule is C1CC2CC3CCCC3CC2C1.C1CC2CCC3CCCC3C2C1. The Morgan fingerprint density at radius 2 is 0.625 bits per heavy atom. The van der Waals surface area contributed by atoms with Crippen LogP contribution in [0.2, 0.25) is 0 Å². The highest BCUT2D eigenvalue weighted by molar-refractivity contribution is 4.94. The van der Waals surface area contributed by atoms with E-state index in [-0.39, 0.29) is 0 Å². The van der Waals surface area contributed by atoms with E-state index in [1.165, 1.54) is 47.3 Å². The van der Waals surface area contributed by atoms with Crippen molar-refractivity contribution in [3.8, 4) is 0 Å². The minimum absolute atomic E-state index is 1.17. The first-order chi connectivity index (χ1) is 11.9. The van der Waals surface area contributed by atoms with E-state index in [4.69, 9.17) is 0 Å². The molecule has 0 heteroatoms. The van der Waals surface area contributed by atoms with Gasteiger partial charge in [0.1, 0.15) is 0 Å². The predicted molar refractivity (Wildman–Crippen MR) is 102 cm³/mol. The molecule has 0 nitrogen and oxygen atoms in total. The highest BCUT2D eigenvalue weighted by Gasteiger charge is 2.43. The zero-order chi connectivity index (χ0) is 15.9. The zero-order valence-corrected chi connectivity index (χ0v) is 15.9. The Hall–Kier alpha value is 0. The van der Waals surface area contributed by atoms with Gasteiger partial charge in [-0.3, -0.25) is 0 Å². The summed E-state index contributed by atoms with van der Waals surface area (Å²) in [6.07, 6.45) is 25.3. The van der Waals surface area contributed by atoms with Crippen LogP contribution in [0.1, 0.15) is 103 Å². The minimum atomic E-state index is 1.17. The van der Waals surface area contributed by atoms with Crippen molar-refractivity contribution in [2.45, 2.75) is 103 Å². The summed E-state index contributed by atoms with van der Waals surface area (Å²) >= 11 is 0. The van der Waals surface area contributed by atoms with E-state index in [1.54, 1.807) is 103 Å². The van der Waals surface area contributed by atoms with Crippen LogP contribution in [0.4, 0.5) is 0 Å². The number of fused-ring (bicyclic) bond motifs is 5. The number of hydrogen-bond acceptors (Lipinski definition) is 0. The van der Waals surface area contributed by atoms with Gasteiger partial charge in [-0.2, -0.15) is 0 Å². The average Bonchev–Trinajstić information content (AvgIpc) is 3.36. The van der Waals surface area contributed by atoms with Crippen LogP contribution in [-0.2, 0) is 0 Å². The smallest absolute Gasteiger partial charge is 0.0355 e. The van der Waals surface area contributed by atoms with E-state index in [9.17, 15) is 0 Å². The summed E-state index contributed by atoms with van der Waals surface area (Å²) in [6.45, 7) is 0. The standard InChI is InChI=1S/2C12H20/c1-3-9-7-8-10-4-2-6-12(10)11(9)5-1;1-3-9-7-11-5-2-6-12(11)8-10(9)4-1/h2*9-12H,1-8H2. The van der Waals surface area contributed by atoms with E-state index in [0.717, 1.165) is 0 Å². The molecule has 0 spiro atoms. The van der Waals surface area contributed by atoms with Crippen molar-refractivity contribution in [1.29, 1.82) is 0 Å². The summed E-state index contributed by atoms with van der Waals surface area (Å²) in [5.74, 6) is 9.40. The second kappa shape index (κ2) is 6.96. The predicted octanol–water partition coefficient (Wildman–Crippen LogP) is 7.23. The van der Waals surface area contributed by atoms with Crippen LogP contribution >= 0.6 is 0 Å². The third-order valence-electron chi connectivity index (χ3n) is 9.74. The van der Waals surface area contributed by atoms with Gasteiger partial charge in [0.05, 0.1) is 0 Å². The first kappa shape index (κ1) is 16.2. The highest BCUT2D eigenvalue weighted by Crippen LogP contribution is 2.54. The van der Waals surface area contributed by atoms with Crippen molar-refractivity contribution in [1.82, 2.24) is 0 Å². The highest BCUT2D eigenvalue weighted by atomic mass is 14.5. The van der Waals surface area contributed by atoms with Gasteiger partial charge in [-0.1, -0.05) is 64.2 Å². The van der Waals surface area contributed by atoms with Gasteiger partial charge < -0.3 is 0 Å². The van der Waals surface area contributed by atoms with E-state index >= 15 is 0 Å². The van der Waals surface area contributed by atoms with Crippen LogP contribution in [0.15, 0.2) is 0 Å². The Balaban J connectivity index is 0.000000109. The van der Waals surface area contributed by atoms with Crippen LogP contribution in [0.25, 0.3) is 0 Å². The molecule has 0 aromatic rings. The van der Waals surface area contributed by atoms with E-state index in [0.29, 0.717) is 0 Å². The van der Waals surface area contributed by atoms with Crippen LogP contribution < -0.4 is 0 Å². The summed E-state index contributed by atoms with van der Waals surface area (Å²) in [7, 11) is 0. The molecule has 0 aliphatic heterocycles. The maximum Gasteiger partial charge on any atom is -0.0355 e. The molecule has 0 heterocycles. The van der Waals surface area contributed by atoms with E-state index in [2.05, 4.69) is 0 Å². The van der Waals surface area contributed by atoms with Crippen LogP contribution in [-0.4, -0.2) is 0 Å². The molecule has 0 aromatic heterocycles. The molecule has 24 heavy (non-hydrogen) atoms. The van der Waals surface area contributed by atoms with Crippen LogP contribution in [0.5, 0.6) is 0 Å². The molecule has 6 saturated carbocycles. The Kier molecular flexibility index (Phi) is 4.69. The molecule has 0 aromatic carbocycles. The van der Waals surface area contributed by atoms with Gasteiger partial charge in [-0.15, -0.1) is 0 Å². The summed E-state index contributed by atoms with van der Waals surface area (Å²) in [6, 6.07) is 0. The molecule has 0 N–H and O–H groups in total. The molecule has 0 amide bonds. The molecule has 0 radical (unpaired) electrons. The Morgan fingerprint density at radius 1 is 0.292 bits per heavy atom. The van der Waals surface area contributed by atoms with Gasteiger partial charge >= 0.3 is 0 Å². The van der Waals surface area contributed by atoms with Crippen molar-refractivity contribution in [3.63, 3.8) is 0 Å². The molecule has 8 atom stereocenters. The maximum absolute atomic E-state index is 1.62. The van der Waals surface area contributed by atoms with Gasteiger partial charge in [-0.25, -0.2) is 0 Å². The van der Waals surface area contributed by atoms with E-state index in [1.807, 2.05) is 0 Å². The third-order valence-corrected chi connectivity index (χ3v) is 9.74. The lowest BCUT2D eigenvalue weighted by Crippen LogP contribution is -2.28. The lowest BCUT2D eigenvalue weighted by Gasteiger charge is -2.36. The number of rotatable bonds is 0. The van der Waals surface area contributed by atoms with Crippen LogP contribution in [0, 0.1) is 47.3 Å². The largest absolute Gasteiger partial charge is 0.0528 e. The maximum atomic E-state index is 1.62. The molecule has 6 rings (SSSR count). The second-order valence-corrected chi connectivity index (χ2v) is 10.7. The fourth-order valence-corrected chi connectivity index (χ4v) is 8.65.